The fraction of sp³-hybridized carbons (Fsp3) is 0.143. The zero-order chi connectivity index (χ0) is 14.8. The van der Waals surface area contributed by atoms with Crippen molar-refractivity contribution in [2.45, 2.75) is 10.9 Å². The SMILES string of the molecule is Cn1ccnc1SCc1ccn(-c2c(F)cccc2F)n1. The fourth-order valence-corrected chi connectivity index (χ4v) is 2.73. The van der Waals surface area contributed by atoms with Gasteiger partial charge in [-0.25, -0.2) is 18.4 Å². The minimum absolute atomic E-state index is 0.161. The lowest BCUT2D eigenvalue weighted by Crippen LogP contribution is -2.02. The summed E-state index contributed by atoms with van der Waals surface area (Å²) < 4.78 is 30.5. The lowest BCUT2D eigenvalue weighted by atomic mass is 10.3. The van der Waals surface area contributed by atoms with Crippen LogP contribution in [0.15, 0.2) is 48.0 Å². The van der Waals surface area contributed by atoms with Gasteiger partial charge in [-0.05, 0) is 18.2 Å². The number of halogens is 2. The fourth-order valence-electron chi connectivity index (χ4n) is 1.90. The van der Waals surface area contributed by atoms with Gasteiger partial charge in [0.15, 0.2) is 16.8 Å². The predicted molar refractivity (Wildman–Crippen MR) is 76.2 cm³/mol. The lowest BCUT2D eigenvalue weighted by molar-refractivity contribution is 0.559. The molecule has 2 aromatic heterocycles. The average Bonchev–Trinajstić information content (AvgIpc) is 3.06. The Balaban J connectivity index is 1.79. The Kier molecular flexibility index (Phi) is 3.74. The van der Waals surface area contributed by atoms with Crippen molar-refractivity contribution in [3.05, 3.63) is 60.2 Å². The normalized spacial score (nSPS) is 11.0. The molecule has 0 aliphatic rings. The number of aromatic nitrogens is 4. The van der Waals surface area contributed by atoms with Gasteiger partial charge in [0, 0.05) is 31.4 Å². The smallest absolute Gasteiger partial charge is 0.168 e. The first-order valence-electron chi connectivity index (χ1n) is 6.24. The van der Waals surface area contributed by atoms with Crippen LogP contribution in [0.2, 0.25) is 0 Å². The van der Waals surface area contributed by atoms with E-state index in [-0.39, 0.29) is 5.69 Å². The molecule has 0 aliphatic heterocycles. The van der Waals surface area contributed by atoms with E-state index in [2.05, 4.69) is 10.1 Å². The van der Waals surface area contributed by atoms with Gasteiger partial charge in [-0.2, -0.15) is 5.10 Å². The Bertz CT molecular complexity index is 746. The maximum Gasteiger partial charge on any atom is 0.168 e. The average molecular weight is 306 g/mol. The molecule has 0 aliphatic carbocycles. The van der Waals surface area contributed by atoms with E-state index in [1.165, 1.54) is 34.6 Å². The molecule has 0 N–H and O–H groups in total. The van der Waals surface area contributed by atoms with Gasteiger partial charge < -0.3 is 4.57 Å². The molecule has 0 spiro atoms. The van der Waals surface area contributed by atoms with Crippen molar-refractivity contribution in [1.29, 1.82) is 0 Å². The predicted octanol–water partition coefficient (Wildman–Crippen LogP) is 3.18. The Morgan fingerprint density at radius 2 is 1.90 bits per heavy atom. The van der Waals surface area contributed by atoms with Crippen molar-refractivity contribution in [3.63, 3.8) is 0 Å². The van der Waals surface area contributed by atoms with E-state index in [1.807, 2.05) is 17.8 Å². The summed E-state index contributed by atoms with van der Waals surface area (Å²) in [7, 11) is 1.91. The van der Waals surface area contributed by atoms with Crippen LogP contribution in [0.1, 0.15) is 5.69 Å². The number of rotatable bonds is 4. The maximum absolute atomic E-state index is 13.7. The Morgan fingerprint density at radius 1 is 1.14 bits per heavy atom. The monoisotopic (exact) mass is 306 g/mol. The summed E-state index contributed by atoms with van der Waals surface area (Å²) in [5, 5.41) is 5.07. The second kappa shape index (κ2) is 5.69. The summed E-state index contributed by atoms with van der Waals surface area (Å²) in [6.45, 7) is 0. The molecule has 21 heavy (non-hydrogen) atoms. The summed E-state index contributed by atoms with van der Waals surface area (Å²) in [5.74, 6) is -0.698. The van der Waals surface area contributed by atoms with Gasteiger partial charge >= 0.3 is 0 Å². The minimum Gasteiger partial charge on any atom is -0.329 e. The molecule has 0 radical (unpaired) electrons. The molecule has 0 saturated heterocycles. The first kappa shape index (κ1) is 13.8. The third kappa shape index (κ3) is 2.82. The van der Waals surface area contributed by atoms with Crippen LogP contribution in [-0.4, -0.2) is 19.3 Å². The molecule has 1 aromatic carbocycles. The van der Waals surface area contributed by atoms with Crippen LogP contribution < -0.4 is 0 Å². The summed E-state index contributed by atoms with van der Waals surface area (Å²) >= 11 is 1.51. The quantitative estimate of drug-likeness (QED) is 0.695. The van der Waals surface area contributed by atoms with Gasteiger partial charge in [0.25, 0.3) is 0 Å². The van der Waals surface area contributed by atoms with E-state index < -0.39 is 11.6 Å². The molecule has 0 fully saturated rings. The van der Waals surface area contributed by atoms with E-state index in [0.717, 1.165) is 10.9 Å². The summed E-state index contributed by atoms with van der Waals surface area (Å²) in [6.07, 6.45) is 5.13. The van der Waals surface area contributed by atoms with Crippen LogP contribution in [0.25, 0.3) is 5.69 Å². The Labute approximate surface area is 124 Å². The van der Waals surface area contributed by atoms with Crippen LogP contribution >= 0.6 is 11.8 Å². The van der Waals surface area contributed by atoms with Crippen molar-refractivity contribution in [2.24, 2.45) is 7.05 Å². The lowest BCUT2D eigenvalue weighted by Gasteiger charge is -2.04. The van der Waals surface area contributed by atoms with Gasteiger partial charge in [0.05, 0.1) is 5.69 Å². The van der Waals surface area contributed by atoms with Crippen LogP contribution in [0.4, 0.5) is 8.78 Å². The summed E-state index contributed by atoms with van der Waals surface area (Å²) in [5.41, 5.74) is 0.566. The van der Waals surface area contributed by atoms with Crippen molar-refractivity contribution in [2.75, 3.05) is 0 Å². The van der Waals surface area contributed by atoms with Gasteiger partial charge in [0.1, 0.15) is 5.69 Å². The molecule has 0 bridgehead atoms. The second-order valence-corrected chi connectivity index (χ2v) is 5.37. The highest BCUT2D eigenvalue weighted by molar-refractivity contribution is 7.98. The number of hydrogen-bond donors (Lipinski definition) is 0. The van der Waals surface area contributed by atoms with Crippen LogP contribution in [0.5, 0.6) is 0 Å². The Morgan fingerprint density at radius 3 is 2.57 bits per heavy atom. The molecular formula is C14H12F2N4S. The standard InChI is InChI=1S/C14H12F2N4S/c1-19-8-6-17-14(19)21-9-10-5-7-20(18-10)13-11(15)3-2-4-12(13)16/h2-8H,9H2,1H3. The molecule has 0 unspecified atom stereocenters. The number of para-hydroxylation sites is 1. The van der Waals surface area contributed by atoms with Crippen molar-refractivity contribution < 1.29 is 8.78 Å². The molecule has 7 heteroatoms. The molecule has 0 atom stereocenters. The van der Waals surface area contributed by atoms with Crippen LogP contribution in [-0.2, 0) is 12.8 Å². The molecule has 3 rings (SSSR count). The third-order valence-electron chi connectivity index (χ3n) is 2.94. The molecule has 4 nitrogen and oxygen atoms in total. The first-order chi connectivity index (χ1) is 10.1. The number of nitrogens with zero attached hydrogens (tertiary/aromatic N) is 4. The largest absolute Gasteiger partial charge is 0.329 e. The zero-order valence-corrected chi connectivity index (χ0v) is 12.0. The minimum atomic E-state index is -0.638. The molecule has 108 valence electrons. The maximum atomic E-state index is 13.7. The highest BCUT2D eigenvalue weighted by atomic mass is 32.2. The van der Waals surface area contributed by atoms with E-state index in [4.69, 9.17) is 0 Å². The van der Waals surface area contributed by atoms with Gasteiger partial charge in [-0.3, -0.25) is 0 Å². The number of hydrogen-bond acceptors (Lipinski definition) is 3. The topological polar surface area (TPSA) is 35.6 Å². The van der Waals surface area contributed by atoms with Gasteiger partial charge in [-0.1, -0.05) is 17.8 Å². The highest BCUT2D eigenvalue weighted by Crippen LogP contribution is 2.21. The Hall–Kier alpha value is -2.15. The number of thioether (sulfide) groups is 1. The van der Waals surface area contributed by atoms with Crippen molar-refractivity contribution in [1.82, 2.24) is 19.3 Å². The van der Waals surface area contributed by atoms with Crippen LogP contribution in [0.3, 0.4) is 0 Å². The number of aryl methyl sites for hydroxylation is 1. The number of imidazole rings is 1. The molecule has 0 saturated carbocycles. The van der Waals surface area contributed by atoms with E-state index >= 15 is 0 Å². The van der Waals surface area contributed by atoms with E-state index in [9.17, 15) is 8.78 Å². The molecular weight excluding hydrogens is 294 g/mol. The highest BCUT2D eigenvalue weighted by Gasteiger charge is 2.12. The second-order valence-electron chi connectivity index (χ2n) is 4.43. The van der Waals surface area contributed by atoms with Crippen LogP contribution in [0, 0.1) is 11.6 Å². The van der Waals surface area contributed by atoms with Crippen molar-refractivity contribution in [3.8, 4) is 5.69 Å². The van der Waals surface area contributed by atoms with Gasteiger partial charge in [-0.15, -0.1) is 0 Å². The first-order valence-corrected chi connectivity index (χ1v) is 7.23. The molecule has 3 aromatic rings. The van der Waals surface area contributed by atoms with Gasteiger partial charge in [0.2, 0.25) is 0 Å². The summed E-state index contributed by atoms with van der Waals surface area (Å²) in [4.78, 5) is 4.20. The summed E-state index contributed by atoms with van der Waals surface area (Å²) in [6, 6.07) is 5.49. The van der Waals surface area contributed by atoms with Crippen molar-refractivity contribution >= 4 is 11.8 Å². The van der Waals surface area contributed by atoms with E-state index in [1.54, 1.807) is 18.5 Å². The number of benzene rings is 1. The van der Waals surface area contributed by atoms with E-state index in [0.29, 0.717) is 5.75 Å². The third-order valence-corrected chi connectivity index (χ3v) is 4.03. The zero-order valence-electron chi connectivity index (χ0n) is 11.2. The molecule has 0 amide bonds. The molecule has 2 heterocycles.